The molecule has 3 rings (SSSR count). The Morgan fingerprint density at radius 1 is 1.24 bits per heavy atom. The molecule has 0 aromatic rings. The number of ether oxygens (including phenoxy) is 1. The van der Waals surface area contributed by atoms with E-state index in [2.05, 4.69) is 22.0 Å². The lowest BCUT2D eigenvalue weighted by atomic mass is 10.1. The summed E-state index contributed by atoms with van der Waals surface area (Å²) in [5, 5.41) is 3.36. The Labute approximate surface area is 127 Å². The predicted octanol–water partition coefficient (Wildman–Crippen LogP) is 0.197. The van der Waals surface area contributed by atoms with Crippen molar-refractivity contribution < 1.29 is 9.53 Å². The molecule has 3 fully saturated rings. The molecule has 1 unspecified atom stereocenters. The number of piperidine rings is 1. The van der Waals surface area contributed by atoms with Crippen LogP contribution in [-0.4, -0.2) is 91.8 Å². The predicted molar refractivity (Wildman–Crippen MR) is 81.4 cm³/mol. The van der Waals surface area contributed by atoms with Crippen LogP contribution in [0.3, 0.4) is 0 Å². The van der Waals surface area contributed by atoms with Gasteiger partial charge in [0.2, 0.25) is 0 Å². The quantitative estimate of drug-likeness (QED) is 0.805. The van der Waals surface area contributed by atoms with Gasteiger partial charge in [0.05, 0.1) is 12.7 Å². The molecule has 0 aromatic carbocycles. The largest absolute Gasteiger partial charge is 0.374 e. The average Bonchev–Trinajstić information content (AvgIpc) is 2.89. The van der Waals surface area contributed by atoms with Crippen LogP contribution in [0.15, 0.2) is 0 Å². The van der Waals surface area contributed by atoms with E-state index in [1.54, 1.807) is 0 Å². The Kier molecular flexibility index (Phi) is 4.98. The minimum absolute atomic E-state index is 0.177. The molecule has 120 valence electrons. The summed E-state index contributed by atoms with van der Waals surface area (Å²) >= 11 is 0. The summed E-state index contributed by atoms with van der Waals surface area (Å²) in [6.07, 6.45) is 2.35. The zero-order chi connectivity index (χ0) is 14.7. The summed E-state index contributed by atoms with van der Waals surface area (Å²) in [4.78, 5) is 19.1. The summed E-state index contributed by atoms with van der Waals surface area (Å²) in [5.74, 6) is 0. The summed E-state index contributed by atoms with van der Waals surface area (Å²) in [7, 11) is 0. The zero-order valence-electron chi connectivity index (χ0n) is 13.1. The molecular formula is C15H28N4O2. The Morgan fingerprint density at radius 3 is 2.81 bits per heavy atom. The first-order valence-corrected chi connectivity index (χ1v) is 8.38. The molecule has 3 heterocycles. The fourth-order valence-electron chi connectivity index (χ4n) is 3.65. The first-order valence-electron chi connectivity index (χ1n) is 8.38. The normalized spacial score (nSPS) is 29.4. The minimum Gasteiger partial charge on any atom is -0.374 e. The second kappa shape index (κ2) is 6.94. The highest BCUT2D eigenvalue weighted by Crippen LogP contribution is 2.19. The molecule has 6 nitrogen and oxygen atoms in total. The van der Waals surface area contributed by atoms with Gasteiger partial charge in [0.15, 0.2) is 0 Å². The third-order valence-corrected chi connectivity index (χ3v) is 4.97. The van der Waals surface area contributed by atoms with E-state index in [0.29, 0.717) is 6.04 Å². The molecule has 0 spiro atoms. The van der Waals surface area contributed by atoms with Gasteiger partial charge < -0.3 is 19.9 Å². The molecule has 0 radical (unpaired) electrons. The van der Waals surface area contributed by atoms with Crippen molar-refractivity contribution in [1.82, 2.24) is 20.0 Å². The summed E-state index contributed by atoms with van der Waals surface area (Å²) in [6, 6.07) is 0.655. The number of nitrogens with zero attached hydrogens (tertiary/aromatic N) is 3. The van der Waals surface area contributed by atoms with E-state index in [4.69, 9.17) is 4.74 Å². The van der Waals surface area contributed by atoms with E-state index in [1.165, 1.54) is 0 Å². The van der Waals surface area contributed by atoms with Crippen molar-refractivity contribution in [2.45, 2.75) is 31.9 Å². The fourth-order valence-corrected chi connectivity index (χ4v) is 3.65. The van der Waals surface area contributed by atoms with Crippen LogP contribution in [0.25, 0.3) is 0 Å². The van der Waals surface area contributed by atoms with Crippen molar-refractivity contribution in [2.75, 3.05) is 59.0 Å². The number of likely N-dealkylation sites (N-methyl/N-ethyl adjacent to an activating group) is 1. The Hall–Kier alpha value is -0.850. The molecule has 0 bridgehead atoms. The van der Waals surface area contributed by atoms with Crippen LogP contribution in [0.4, 0.5) is 4.79 Å². The SMILES string of the molecule is CCN1CCOC(CN2CCN(C3CCNCC3)C2=O)C1. The van der Waals surface area contributed by atoms with E-state index in [1.807, 2.05) is 4.90 Å². The van der Waals surface area contributed by atoms with E-state index in [0.717, 1.165) is 71.8 Å². The fraction of sp³-hybridized carbons (Fsp3) is 0.933. The number of hydrogen-bond acceptors (Lipinski definition) is 4. The first-order chi connectivity index (χ1) is 10.3. The van der Waals surface area contributed by atoms with Crippen LogP contribution in [0, 0.1) is 0 Å². The van der Waals surface area contributed by atoms with Crippen LogP contribution in [0.5, 0.6) is 0 Å². The van der Waals surface area contributed by atoms with Crippen LogP contribution >= 0.6 is 0 Å². The van der Waals surface area contributed by atoms with Crippen molar-refractivity contribution in [3.05, 3.63) is 0 Å². The number of morpholine rings is 1. The monoisotopic (exact) mass is 296 g/mol. The molecule has 1 N–H and O–H groups in total. The molecule has 1 atom stereocenters. The molecule has 2 amide bonds. The molecule has 6 heteroatoms. The molecule has 0 aromatic heterocycles. The number of carbonyl (C=O) groups is 1. The molecule has 0 aliphatic carbocycles. The van der Waals surface area contributed by atoms with Crippen molar-refractivity contribution in [3.63, 3.8) is 0 Å². The molecule has 3 aliphatic rings. The van der Waals surface area contributed by atoms with Gasteiger partial charge in [-0.25, -0.2) is 4.79 Å². The molecular weight excluding hydrogens is 268 g/mol. The zero-order valence-corrected chi connectivity index (χ0v) is 13.1. The van der Waals surface area contributed by atoms with Crippen LogP contribution in [0.1, 0.15) is 19.8 Å². The second-order valence-electron chi connectivity index (χ2n) is 6.29. The summed E-state index contributed by atoms with van der Waals surface area (Å²) in [5.41, 5.74) is 0. The number of nitrogens with one attached hydrogen (secondary N) is 1. The maximum Gasteiger partial charge on any atom is 0.320 e. The number of hydrogen-bond donors (Lipinski definition) is 1. The van der Waals surface area contributed by atoms with Gasteiger partial charge in [-0.05, 0) is 32.5 Å². The average molecular weight is 296 g/mol. The van der Waals surface area contributed by atoms with E-state index < -0.39 is 0 Å². The van der Waals surface area contributed by atoms with Gasteiger partial charge in [-0.2, -0.15) is 0 Å². The van der Waals surface area contributed by atoms with Crippen LogP contribution in [0.2, 0.25) is 0 Å². The Morgan fingerprint density at radius 2 is 2.05 bits per heavy atom. The summed E-state index contributed by atoms with van der Waals surface area (Å²) < 4.78 is 5.84. The number of urea groups is 1. The Balaban J connectivity index is 1.51. The van der Waals surface area contributed by atoms with Gasteiger partial charge in [0, 0.05) is 38.8 Å². The van der Waals surface area contributed by atoms with Gasteiger partial charge in [-0.3, -0.25) is 4.90 Å². The van der Waals surface area contributed by atoms with Gasteiger partial charge >= 0.3 is 6.03 Å². The lowest BCUT2D eigenvalue weighted by Gasteiger charge is -2.35. The number of rotatable bonds is 4. The molecule has 21 heavy (non-hydrogen) atoms. The molecule has 3 saturated heterocycles. The third kappa shape index (κ3) is 3.49. The lowest BCUT2D eigenvalue weighted by Crippen LogP contribution is -2.49. The van der Waals surface area contributed by atoms with E-state index in [-0.39, 0.29) is 12.1 Å². The minimum atomic E-state index is 0.177. The molecule has 3 aliphatic heterocycles. The van der Waals surface area contributed by atoms with Crippen LogP contribution < -0.4 is 5.32 Å². The highest BCUT2D eigenvalue weighted by molar-refractivity contribution is 5.77. The third-order valence-electron chi connectivity index (χ3n) is 4.97. The van der Waals surface area contributed by atoms with Crippen LogP contribution in [-0.2, 0) is 4.74 Å². The number of amides is 2. The van der Waals surface area contributed by atoms with Gasteiger partial charge in [0.1, 0.15) is 0 Å². The van der Waals surface area contributed by atoms with Crippen molar-refractivity contribution in [2.24, 2.45) is 0 Å². The van der Waals surface area contributed by atoms with E-state index >= 15 is 0 Å². The van der Waals surface area contributed by atoms with Gasteiger partial charge in [-0.1, -0.05) is 6.92 Å². The maximum absolute atomic E-state index is 12.6. The standard InChI is InChI=1S/C15H28N4O2/c1-2-17-9-10-21-14(11-17)12-18-7-8-19(15(18)20)13-3-5-16-6-4-13/h13-14,16H,2-12H2,1H3. The first kappa shape index (κ1) is 15.1. The van der Waals surface area contributed by atoms with Crippen molar-refractivity contribution in [3.8, 4) is 0 Å². The van der Waals surface area contributed by atoms with Crippen molar-refractivity contribution >= 4 is 6.03 Å². The smallest absolute Gasteiger partial charge is 0.320 e. The number of carbonyl (C=O) groups excluding carboxylic acids is 1. The second-order valence-corrected chi connectivity index (χ2v) is 6.29. The lowest BCUT2D eigenvalue weighted by molar-refractivity contribution is -0.0355. The summed E-state index contributed by atoms with van der Waals surface area (Å²) in [6.45, 7) is 10.6. The maximum atomic E-state index is 12.6. The molecule has 0 saturated carbocycles. The highest BCUT2D eigenvalue weighted by Gasteiger charge is 2.35. The Bertz CT molecular complexity index is 360. The van der Waals surface area contributed by atoms with Gasteiger partial charge in [-0.15, -0.1) is 0 Å². The van der Waals surface area contributed by atoms with Gasteiger partial charge in [0.25, 0.3) is 0 Å². The highest BCUT2D eigenvalue weighted by atomic mass is 16.5. The van der Waals surface area contributed by atoms with Crippen molar-refractivity contribution in [1.29, 1.82) is 0 Å². The topological polar surface area (TPSA) is 48.1 Å². The van der Waals surface area contributed by atoms with E-state index in [9.17, 15) is 4.79 Å².